The number of piperazine rings is 1. The molecule has 1 saturated heterocycles. The van der Waals surface area contributed by atoms with Gasteiger partial charge in [0.1, 0.15) is 5.75 Å². The zero-order valence-electron chi connectivity index (χ0n) is 16.6. The second-order valence-corrected chi connectivity index (χ2v) is 7.81. The molecule has 1 aliphatic rings. The van der Waals surface area contributed by atoms with Crippen LogP contribution in [-0.4, -0.2) is 53.8 Å². The molecule has 0 saturated carbocycles. The Bertz CT molecular complexity index is 936. The molecule has 0 amide bonds. The van der Waals surface area contributed by atoms with Crippen molar-refractivity contribution in [2.24, 2.45) is 5.73 Å². The maximum absolute atomic E-state index is 6.33. The molecule has 3 aromatic rings. The van der Waals surface area contributed by atoms with Crippen molar-refractivity contribution in [3.05, 3.63) is 59.4 Å². The van der Waals surface area contributed by atoms with Crippen molar-refractivity contribution in [3.8, 4) is 5.75 Å². The van der Waals surface area contributed by atoms with Crippen LogP contribution in [0.4, 0.5) is 5.69 Å². The van der Waals surface area contributed by atoms with Crippen molar-refractivity contribution < 1.29 is 4.74 Å². The van der Waals surface area contributed by atoms with Crippen LogP contribution in [0.2, 0.25) is 5.02 Å². The summed E-state index contributed by atoms with van der Waals surface area (Å²) in [7, 11) is 0. The molecular formula is C22H28ClN5O. The number of aromatic nitrogens is 2. The molecule has 1 aromatic carbocycles. The van der Waals surface area contributed by atoms with E-state index in [4.69, 9.17) is 22.1 Å². The van der Waals surface area contributed by atoms with Gasteiger partial charge in [-0.1, -0.05) is 23.7 Å². The number of rotatable bonds is 8. The highest BCUT2D eigenvalue weighted by molar-refractivity contribution is 6.33. The minimum Gasteiger partial charge on any atom is -0.493 e. The summed E-state index contributed by atoms with van der Waals surface area (Å²) in [6.07, 6.45) is 5.90. The van der Waals surface area contributed by atoms with Crippen LogP contribution in [0.25, 0.3) is 5.52 Å². The van der Waals surface area contributed by atoms with Gasteiger partial charge in [0.2, 0.25) is 0 Å². The summed E-state index contributed by atoms with van der Waals surface area (Å²) in [4.78, 5) is 4.91. The van der Waals surface area contributed by atoms with E-state index in [0.29, 0.717) is 6.54 Å². The number of hydrogen-bond donors (Lipinski definition) is 1. The van der Waals surface area contributed by atoms with Crippen molar-refractivity contribution in [3.63, 3.8) is 0 Å². The molecule has 0 spiro atoms. The molecule has 4 rings (SSSR count). The van der Waals surface area contributed by atoms with E-state index in [9.17, 15) is 0 Å². The Morgan fingerprint density at radius 2 is 1.90 bits per heavy atom. The van der Waals surface area contributed by atoms with Gasteiger partial charge in [0.15, 0.2) is 0 Å². The Hall–Kier alpha value is -2.28. The van der Waals surface area contributed by atoms with E-state index < -0.39 is 0 Å². The highest BCUT2D eigenvalue weighted by atomic mass is 35.5. The van der Waals surface area contributed by atoms with E-state index in [0.717, 1.165) is 79.7 Å². The van der Waals surface area contributed by atoms with E-state index in [-0.39, 0.29) is 0 Å². The van der Waals surface area contributed by atoms with Crippen molar-refractivity contribution in [2.45, 2.75) is 19.4 Å². The third kappa shape index (κ3) is 4.83. The molecule has 1 aliphatic heterocycles. The van der Waals surface area contributed by atoms with E-state index in [1.54, 1.807) is 0 Å². The minimum absolute atomic E-state index is 0.483. The number of anilines is 1. The normalized spacial score (nSPS) is 15.2. The molecule has 0 atom stereocenters. The quantitative estimate of drug-likeness (QED) is 0.573. The second kappa shape index (κ2) is 9.48. The number of hydrogen-bond acceptors (Lipinski definition) is 5. The molecule has 154 valence electrons. The van der Waals surface area contributed by atoms with Crippen LogP contribution < -0.4 is 15.4 Å². The first-order chi connectivity index (χ1) is 14.2. The van der Waals surface area contributed by atoms with Crippen molar-refractivity contribution >= 4 is 22.8 Å². The molecule has 2 N–H and O–H groups in total. The third-order valence-electron chi connectivity index (χ3n) is 5.50. The lowest BCUT2D eigenvalue weighted by molar-refractivity contribution is 0.238. The molecular weight excluding hydrogens is 386 g/mol. The van der Waals surface area contributed by atoms with E-state index in [2.05, 4.69) is 27.0 Å². The van der Waals surface area contributed by atoms with Gasteiger partial charge in [-0.3, -0.25) is 4.90 Å². The number of pyridine rings is 1. The summed E-state index contributed by atoms with van der Waals surface area (Å²) < 4.78 is 7.77. The molecule has 1 fully saturated rings. The van der Waals surface area contributed by atoms with E-state index in [1.165, 1.54) is 0 Å². The van der Waals surface area contributed by atoms with Crippen molar-refractivity contribution in [1.82, 2.24) is 14.5 Å². The summed E-state index contributed by atoms with van der Waals surface area (Å²) in [5.74, 6) is 0.876. The van der Waals surface area contributed by atoms with Gasteiger partial charge in [-0.05, 0) is 37.6 Å². The lowest BCUT2D eigenvalue weighted by atomic mass is 10.2. The third-order valence-corrected chi connectivity index (χ3v) is 5.82. The van der Waals surface area contributed by atoms with Crippen LogP contribution in [0.3, 0.4) is 0 Å². The Morgan fingerprint density at radius 3 is 2.69 bits per heavy atom. The van der Waals surface area contributed by atoms with Crippen LogP contribution in [0, 0.1) is 0 Å². The van der Waals surface area contributed by atoms with Gasteiger partial charge in [0.25, 0.3) is 0 Å². The van der Waals surface area contributed by atoms with Crippen LogP contribution in [0.5, 0.6) is 5.75 Å². The number of unbranched alkanes of at least 4 members (excludes halogenated alkanes) is 1. The summed E-state index contributed by atoms with van der Waals surface area (Å²) in [6.45, 7) is 6.51. The lowest BCUT2D eigenvalue weighted by Crippen LogP contribution is -2.46. The molecule has 0 aliphatic carbocycles. The zero-order chi connectivity index (χ0) is 20.1. The molecule has 2 aromatic heterocycles. The van der Waals surface area contributed by atoms with Crippen LogP contribution >= 0.6 is 11.6 Å². The predicted octanol–water partition coefficient (Wildman–Crippen LogP) is 3.43. The average Bonchev–Trinajstić information content (AvgIpc) is 3.17. The van der Waals surface area contributed by atoms with Crippen LogP contribution in [0.1, 0.15) is 18.4 Å². The van der Waals surface area contributed by atoms with E-state index in [1.807, 2.05) is 41.2 Å². The van der Waals surface area contributed by atoms with Crippen LogP contribution in [0.15, 0.2) is 48.8 Å². The fourth-order valence-electron chi connectivity index (χ4n) is 3.81. The van der Waals surface area contributed by atoms with Gasteiger partial charge >= 0.3 is 0 Å². The number of ether oxygens (including phenoxy) is 1. The smallest absolute Gasteiger partial charge is 0.122 e. The van der Waals surface area contributed by atoms with Gasteiger partial charge in [0.05, 0.1) is 29.0 Å². The van der Waals surface area contributed by atoms with Gasteiger partial charge in [0, 0.05) is 50.6 Å². The minimum atomic E-state index is 0.483. The standard InChI is InChI=1S/C22H28ClN5O/c23-20-5-1-2-6-21(20)27-12-10-26(11-13-27)8-3-4-14-29-19-7-9-28-22(15-19)18(16-24)17-25-28/h1-2,5-7,9,15,17H,3-4,8,10-14,16,24H2. The Balaban J connectivity index is 1.17. The number of nitrogens with zero attached hydrogens (tertiary/aromatic N) is 4. The van der Waals surface area contributed by atoms with Crippen LogP contribution in [-0.2, 0) is 6.54 Å². The first-order valence-electron chi connectivity index (χ1n) is 10.3. The number of benzene rings is 1. The number of para-hydroxylation sites is 1. The fourth-order valence-corrected chi connectivity index (χ4v) is 4.06. The Morgan fingerprint density at radius 1 is 1.07 bits per heavy atom. The topological polar surface area (TPSA) is 59.0 Å². The Kier molecular flexibility index (Phi) is 6.54. The zero-order valence-corrected chi connectivity index (χ0v) is 17.4. The molecule has 0 radical (unpaired) electrons. The maximum atomic E-state index is 6.33. The molecule has 0 unspecified atom stereocenters. The van der Waals surface area contributed by atoms with Gasteiger partial charge < -0.3 is 15.4 Å². The Labute approximate surface area is 176 Å². The molecule has 3 heterocycles. The predicted molar refractivity (Wildman–Crippen MR) is 118 cm³/mol. The van der Waals surface area contributed by atoms with Gasteiger partial charge in [-0.25, -0.2) is 4.52 Å². The lowest BCUT2D eigenvalue weighted by Gasteiger charge is -2.36. The monoisotopic (exact) mass is 413 g/mol. The largest absolute Gasteiger partial charge is 0.493 e. The van der Waals surface area contributed by atoms with Gasteiger partial charge in [-0.15, -0.1) is 0 Å². The van der Waals surface area contributed by atoms with Crippen molar-refractivity contribution in [2.75, 3.05) is 44.2 Å². The maximum Gasteiger partial charge on any atom is 0.122 e. The molecule has 0 bridgehead atoms. The average molecular weight is 414 g/mol. The van der Waals surface area contributed by atoms with Crippen molar-refractivity contribution in [1.29, 1.82) is 0 Å². The first kappa shape index (κ1) is 20.0. The SMILES string of the molecule is NCc1cnn2ccc(OCCCCN3CCN(c4ccccc4Cl)CC3)cc12. The summed E-state index contributed by atoms with van der Waals surface area (Å²) in [5.41, 5.74) is 8.96. The second-order valence-electron chi connectivity index (χ2n) is 7.40. The van der Waals surface area contributed by atoms with Gasteiger partial charge in [-0.2, -0.15) is 5.10 Å². The summed E-state index contributed by atoms with van der Waals surface area (Å²) in [6, 6.07) is 12.1. The summed E-state index contributed by atoms with van der Waals surface area (Å²) in [5, 5.41) is 5.13. The number of fused-ring (bicyclic) bond motifs is 1. The molecule has 7 heteroatoms. The highest BCUT2D eigenvalue weighted by Crippen LogP contribution is 2.26. The molecule has 6 nitrogen and oxygen atoms in total. The fraction of sp³-hybridized carbons (Fsp3) is 0.409. The number of nitrogens with two attached hydrogens (primary N) is 1. The molecule has 29 heavy (non-hydrogen) atoms. The highest BCUT2D eigenvalue weighted by Gasteiger charge is 2.18. The van der Waals surface area contributed by atoms with E-state index >= 15 is 0 Å². The summed E-state index contributed by atoms with van der Waals surface area (Å²) >= 11 is 6.33. The number of halogens is 1. The first-order valence-corrected chi connectivity index (χ1v) is 10.6.